The maximum Gasteiger partial charge on any atom is 0.272 e. The highest BCUT2D eigenvalue weighted by Gasteiger charge is 2.32. The predicted octanol–water partition coefficient (Wildman–Crippen LogP) is 2.21. The second-order valence-electron chi connectivity index (χ2n) is 6.36. The zero-order valence-corrected chi connectivity index (χ0v) is 15.9. The number of amides is 1. The van der Waals surface area contributed by atoms with Crippen molar-refractivity contribution in [1.29, 1.82) is 0 Å². The first-order valence-electron chi connectivity index (χ1n) is 8.46. The summed E-state index contributed by atoms with van der Waals surface area (Å²) in [4.78, 5) is 15.8. The zero-order chi connectivity index (χ0) is 18.9. The number of aromatic nitrogens is 1. The Bertz CT molecular complexity index is 928. The van der Waals surface area contributed by atoms with E-state index in [-0.39, 0.29) is 16.5 Å². The summed E-state index contributed by atoms with van der Waals surface area (Å²) >= 11 is 0. The number of carbonyl (C=O) groups is 1. The van der Waals surface area contributed by atoms with E-state index in [0.29, 0.717) is 43.2 Å². The van der Waals surface area contributed by atoms with Gasteiger partial charge in [0.05, 0.1) is 13.2 Å². The summed E-state index contributed by atoms with van der Waals surface area (Å²) in [6.07, 6.45) is 0. The summed E-state index contributed by atoms with van der Waals surface area (Å²) < 4.78 is 32.6. The van der Waals surface area contributed by atoms with Gasteiger partial charge in [0.1, 0.15) is 10.6 Å². The van der Waals surface area contributed by atoms with Gasteiger partial charge in [0.15, 0.2) is 0 Å². The fourth-order valence-electron chi connectivity index (χ4n) is 3.16. The number of rotatable bonds is 4. The molecule has 1 aliphatic heterocycles. The number of para-hydroxylation sites is 1. The quantitative estimate of drug-likeness (QED) is 0.855. The van der Waals surface area contributed by atoms with Crippen LogP contribution in [-0.2, 0) is 14.8 Å². The van der Waals surface area contributed by atoms with E-state index in [1.165, 1.54) is 4.31 Å². The highest BCUT2D eigenvalue weighted by atomic mass is 32.2. The van der Waals surface area contributed by atoms with Crippen LogP contribution in [0.1, 0.15) is 27.3 Å². The fourth-order valence-corrected chi connectivity index (χ4v) is 4.98. The molecule has 1 aliphatic rings. The lowest BCUT2D eigenvalue weighted by Gasteiger charge is -2.26. The van der Waals surface area contributed by atoms with E-state index in [2.05, 4.69) is 10.3 Å². The van der Waals surface area contributed by atoms with Gasteiger partial charge < -0.3 is 15.0 Å². The maximum absolute atomic E-state index is 13.0. The third kappa shape index (κ3) is 3.40. The first kappa shape index (κ1) is 18.6. The van der Waals surface area contributed by atoms with Gasteiger partial charge in [-0.2, -0.15) is 4.31 Å². The van der Waals surface area contributed by atoms with Crippen molar-refractivity contribution in [3.8, 4) is 0 Å². The minimum absolute atomic E-state index is 0.175. The van der Waals surface area contributed by atoms with Crippen molar-refractivity contribution >= 4 is 21.6 Å². The van der Waals surface area contributed by atoms with E-state index in [4.69, 9.17) is 4.74 Å². The van der Waals surface area contributed by atoms with Crippen LogP contribution < -0.4 is 5.32 Å². The van der Waals surface area contributed by atoms with Crippen LogP contribution in [0.15, 0.2) is 29.2 Å². The molecule has 26 heavy (non-hydrogen) atoms. The number of sulfonamides is 1. The maximum atomic E-state index is 13.0. The first-order valence-corrected chi connectivity index (χ1v) is 9.90. The molecule has 0 atom stereocenters. The molecule has 3 rings (SSSR count). The lowest BCUT2D eigenvalue weighted by Crippen LogP contribution is -2.40. The highest BCUT2D eigenvalue weighted by Crippen LogP contribution is 2.27. The largest absolute Gasteiger partial charge is 0.379 e. The number of benzene rings is 1. The van der Waals surface area contributed by atoms with Crippen molar-refractivity contribution in [3.05, 3.63) is 46.8 Å². The molecule has 2 heterocycles. The lowest BCUT2D eigenvalue weighted by atomic mass is 10.2. The molecular weight excluding hydrogens is 354 g/mol. The Morgan fingerprint density at radius 3 is 2.46 bits per heavy atom. The molecule has 8 heteroatoms. The van der Waals surface area contributed by atoms with E-state index in [1.54, 1.807) is 13.8 Å². The van der Waals surface area contributed by atoms with Crippen molar-refractivity contribution in [2.45, 2.75) is 25.7 Å². The molecule has 0 spiro atoms. The van der Waals surface area contributed by atoms with Crippen molar-refractivity contribution in [2.75, 3.05) is 31.6 Å². The molecule has 7 nitrogen and oxygen atoms in total. The van der Waals surface area contributed by atoms with Crippen LogP contribution in [0.4, 0.5) is 5.69 Å². The smallest absolute Gasteiger partial charge is 0.272 e. The average molecular weight is 377 g/mol. The number of anilines is 1. The number of aromatic amines is 1. The molecule has 140 valence electrons. The number of carbonyl (C=O) groups excluding carboxylic acids is 1. The summed E-state index contributed by atoms with van der Waals surface area (Å²) in [5, 5.41) is 2.84. The van der Waals surface area contributed by atoms with E-state index in [1.807, 2.05) is 31.2 Å². The Hall–Kier alpha value is -2.16. The zero-order valence-electron chi connectivity index (χ0n) is 15.1. The molecule has 1 amide bonds. The summed E-state index contributed by atoms with van der Waals surface area (Å²) in [7, 11) is -3.68. The molecule has 0 bridgehead atoms. The Morgan fingerprint density at radius 1 is 1.15 bits per heavy atom. The number of hydrogen-bond donors (Lipinski definition) is 2. The molecule has 0 radical (unpaired) electrons. The first-order chi connectivity index (χ1) is 12.3. The number of ether oxygens (including phenoxy) is 1. The third-order valence-corrected chi connectivity index (χ3v) is 6.73. The molecule has 0 saturated carbocycles. The molecular formula is C18H23N3O4S. The van der Waals surface area contributed by atoms with Crippen molar-refractivity contribution in [3.63, 3.8) is 0 Å². The Kier molecular flexibility index (Phi) is 5.17. The molecule has 1 aromatic carbocycles. The SMILES string of the molecule is Cc1ccccc1NC(=O)c1[nH]c(C)c(S(=O)(=O)N2CCOCC2)c1C. The van der Waals surface area contributed by atoms with E-state index in [9.17, 15) is 13.2 Å². The minimum Gasteiger partial charge on any atom is -0.379 e. The predicted molar refractivity (Wildman–Crippen MR) is 99.0 cm³/mol. The van der Waals surface area contributed by atoms with Gasteiger partial charge in [0, 0.05) is 24.5 Å². The van der Waals surface area contributed by atoms with Crippen molar-refractivity contribution in [2.24, 2.45) is 0 Å². The lowest BCUT2D eigenvalue weighted by molar-refractivity contribution is 0.0730. The van der Waals surface area contributed by atoms with Crippen LogP contribution in [-0.4, -0.2) is 49.9 Å². The number of morpholine rings is 1. The second kappa shape index (κ2) is 7.22. The van der Waals surface area contributed by atoms with Crippen LogP contribution in [0, 0.1) is 20.8 Å². The number of aryl methyl sites for hydroxylation is 2. The summed E-state index contributed by atoms with van der Waals surface area (Å²) in [6.45, 7) is 6.62. The van der Waals surface area contributed by atoms with Gasteiger partial charge in [-0.1, -0.05) is 18.2 Å². The van der Waals surface area contributed by atoms with Gasteiger partial charge in [0.25, 0.3) is 5.91 Å². The van der Waals surface area contributed by atoms with Gasteiger partial charge in [0.2, 0.25) is 10.0 Å². The van der Waals surface area contributed by atoms with Gasteiger partial charge in [-0.3, -0.25) is 4.79 Å². The molecule has 0 unspecified atom stereocenters. The number of hydrogen-bond acceptors (Lipinski definition) is 4. The normalized spacial score (nSPS) is 15.8. The molecule has 1 saturated heterocycles. The molecule has 2 N–H and O–H groups in total. The van der Waals surface area contributed by atoms with E-state index < -0.39 is 10.0 Å². The Labute approximate surface area is 153 Å². The van der Waals surface area contributed by atoms with Gasteiger partial charge >= 0.3 is 0 Å². The van der Waals surface area contributed by atoms with Crippen LogP contribution >= 0.6 is 0 Å². The topological polar surface area (TPSA) is 91.5 Å². The molecule has 1 aromatic heterocycles. The average Bonchev–Trinajstić information content (AvgIpc) is 2.93. The summed E-state index contributed by atoms with van der Waals surface area (Å²) in [6, 6.07) is 7.44. The van der Waals surface area contributed by atoms with Gasteiger partial charge in [-0.15, -0.1) is 0 Å². The minimum atomic E-state index is -3.68. The molecule has 1 fully saturated rings. The standard InChI is InChI=1S/C18H23N3O4S/c1-12-6-4-5-7-15(12)20-18(22)16-13(2)17(14(3)19-16)26(23,24)21-8-10-25-11-9-21/h4-7,19H,8-11H2,1-3H3,(H,20,22). The molecule has 0 aliphatic carbocycles. The Balaban J connectivity index is 1.93. The monoisotopic (exact) mass is 377 g/mol. The fraction of sp³-hybridized carbons (Fsp3) is 0.389. The second-order valence-corrected chi connectivity index (χ2v) is 8.24. The number of H-pyrrole nitrogens is 1. The third-order valence-electron chi connectivity index (χ3n) is 4.56. The number of nitrogens with zero attached hydrogens (tertiary/aromatic N) is 1. The van der Waals surface area contributed by atoms with Crippen molar-refractivity contribution in [1.82, 2.24) is 9.29 Å². The number of nitrogens with one attached hydrogen (secondary N) is 2. The van der Waals surface area contributed by atoms with Crippen LogP contribution in [0.3, 0.4) is 0 Å². The van der Waals surface area contributed by atoms with Crippen LogP contribution in [0.2, 0.25) is 0 Å². The van der Waals surface area contributed by atoms with Crippen LogP contribution in [0.5, 0.6) is 0 Å². The summed E-state index contributed by atoms with van der Waals surface area (Å²) in [5.41, 5.74) is 2.78. The van der Waals surface area contributed by atoms with E-state index >= 15 is 0 Å². The Morgan fingerprint density at radius 2 is 1.81 bits per heavy atom. The molecule has 2 aromatic rings. The summed E-state index contributed by atoms with van der Waals surface area (Å²) in [5.74, 6) is -0.358. The van der Waals surface area contributed by atoms with Gasteiger partial charge in [-0.25, -0.2) is 8.42 Å². The van der Waals surface area contributed by atoms with Gasteiger partial charge in [-0.05, 0) is 38.0 Å². The van der Waals surface area contributed by atoms with Crippen molar-refractivity contribution < 1.29 is 17.9 Å². The highest BCUT2D eigenvalue weighted by molar-refractivity contribution is 7.89. The van der Waals surface area contributed by atoms with E-state index in [0.717, 1.165) is 5.56 Å². The van der Waals surface area contributed by atoms with Crippen LogP contribution in [0.25, 0.3) is 0 Å².